The van der Waals surface area contributed by atoms with Gasteiger partial charge in [0.15, 0.2) is 5.78 Å². The smallest absolute Gasteiger partial charge is 0.166 e. The minimum atomic E-state index is -0.198. The van der Waals surface area contributed by atoms with Crippen molar-refractivity contribution in [3.05, 3.63) is 71.5 Å². The lowest BCUT2D eigenvalue weighted by atomic mass is 9.89. The van der Waals surface area contributed by atoms with Crippen LogP contribution in [0.15, 0.2) is 54.6 Å². The third kappa shape index (κ3) is 3.60. The van der Waals surface area contributed by atoms with Crippen LogP contribution in [-0.4, -0.2) is 23.8 Å². The summed E-state index contributed by atoms with van der Waals surface area (Å²) in [6.07, 6.45) is 1.80. The zero-order chi connectivity index (χ0) is 15.4. The number of hydrogen-bond donors (Lipinski definition) is 0. The number of piperidine rings is 1. The normalized spacial score (nSPS) is 16.6. The number of nitrogens with zero attached hydrogens (tertiary/aromatic N) is 1. The van der Waals surface area contributed by atoms with Crippen LogP contribution >= 0.6 is 0 Å². The number of halogens is 1. The first-order valence-corrected chi connectivity index (χ1v) is 7.78. The molecule has 0 aromatic heterocycles. The molecule has 3 heteroatoms. The number of benzene rings is 2. The van der Waals surface area contributed by atoms with Crippen LogP contribution in [0.4, 0.5) is 4.39 Å². The number of carbonyl (C=O) groups is 1. The van der Waals surface area contributed by atoms with Gasteiger partial charge in [-0.25, -0.2) is 4.39 Å². The largest absolute Gasteiger partial charge is 0.299 e. The summed E-state index contributed by atoms with van der Waals surface area (Å²) in [5.74, 6) is 0.199. The topological polar surface area (TPSA) is 20.3 Å². The van der Waals surface area contributed by atoms with Crippen molar-refractivity contribution in [2.75, 3.05) is 13.1 Å². The van der Waals surface area contributed by atoms with Crippen molar-refractivity contribution >= 4 is 5.78 Å². The third-order valence-electron chi connectivity index (χ3n) is 4.34. The highest BCUT2D eigenvalue weighted by Crippen LogP contribution is 2.23. The van der Waals surface area contributed by atoms with Crippen LogP contribution < -0.4 is 0 Å². The molecule has 114 valence electrons. The van der Waals surface area contributed by atoms with Crippen LogP contribution in [0.1, 0.15) is 28.8 Å². The third-order valence-corrected chi connectivity index (χ3v) is 4.34. The highest BCUT2D eigenvalue weighted by atomic mass is 19.1. The molecule has 0 spiro atoms. The van der Waals surface area contributed by atoms with Gasteiger partial charge in [-0.1, -0.05) is 42.5 Å². The number of ketones is 1. The highest BCUT2D eigenvalue weighted by Gasteiger charge is 2.25. The lowest BCUT2D eigenvalue weighted by Crippen LogP contribution is -2.35. The molecule has 0 unspecified atom stereocenters. The van der Waals surface area contributed by atoms with E-state index in [4.69, 9.17) is 0 Å². The Morgan fingerprint density at radius 1 is 1.00 bits per heavy atom. The van der Waals surface area contributed by atoms with Crippen LogP contribution in [0.25, 0.3) is 0 Å². The van der Waals surface area contributed by atoms with Gasteiger partial charge in [-0.2, -0.15) is 0 Å². The summed E-state index contributed by atoms with van der Waals surface area (Å²) >= 11 is 0. The molecule has 0 radical (unpaired) electrons. The first kappa shape index (κ1) is 14.9. The van der Waals surface area contributed by atoms with Gasteiger partial charge in [0, 0.05) is 18.0 Å². The summed E-state index contributed by atoms with van der Waals surface area (Å²) in [5, 5.41) is 0. The molecule has 2 nitrogen and oxygen atoms in total. The monoisotopic (exact) mass is 297 g/mol. The van der Waals surface area contributed by atoms with Gasteiger partial charge in [0.1, 0.15) is 5.82 Å². The average Bonchev–Trinajstić information content (AvgIpc) is 2.58. The lowest BCUT2D eigenvalue weighted by Gasteiger charge is -2.31. The fourth-order valence-corrected chi connectivity index (χ4v) is 3.04. The summed E-state index contributed by atoms with van der Waals surface area (Å²) in [7, 11) is 0. The summed E-state index contributed by atoms with van der Waals surface area (Å²) in [5.41, 5.74) is 1.94. The van der Waals surface area contributed by atoms with Gasteiger partial charge >= 0.3 is 0 Å². The Morgan fingerprint density at radius 2 is 1.64 bits per heavy atom. The van der Waals surface area contributed by atoms with E-state index in [2.05, 4.69) is 4.90 Å². The van der Waals surface area contributed by atoms with Crippen LogP contribution in [-0.2, 0) is 6.54 Å². The van der Waals surface area contributed by atoms with Gasteiger partial charge in [-0.15, -0.1) is 0 Å². The number of hydrogen-bond acceptors (Lipinski definition) is 2. The van der Waals surface area contributed by atoms with Crippen molar-refractivity contribution in [3.8, 4) is 0 Å². The zero-order valence-corrected chi connectivity index (χ0v) is 12.5. The van der Waals surface area contributed by atoms with Crippen LogP contribution in [0.2, 0.25) is 0 Å². The Hall–Kier alpha value is -2.00. The van der Waals surface area contributed by atoms with E-state index in [1.54, 1.807) is 0 Å². The van der Waals surface area contributed by atoms with E-state index in [0.29, 0.717) is 0 Å². The average molecular weight is 297 g/mol. The fraction of sp³-hybridized carbons (Fsp3) is 0.316. The van der Waals surface area contributed by atoms with Crippen LogP contribution in [0.5, 0.6) is 0 Å². The Kier molecular flexibility index (Phi) is 4.64. The van der Waals surface area contributed by atoms with Gasteiger partial charge in [-0.3, -0.25) is 9.69 Å². The minimum Gasteiger partial charge on any atom is -0.299 e. The van der Waals surface area contributed by atoms with E-state index in [0.717, 1.165) is 43.6 Å². The van der Waals surface area contributed by atoms with Crippen LogP contribution in [0, 0.1) is 11.7 Å². The molecule has 2 aromatic rings. The fourth-order valence-electron chi connectivity index (χ4n) is 3.04. The summed E-state index contributed by atoms with van der Waals surface area (Å²) in [4.78, 5) is 14.8. The van der Waals surface area contributed by atoms with Crippen molar-refractivity contribution in [2.45, 2.75) is 19.4 Å². The Balaban J connectivity index is 1.54. The number of carbonyl (C=O) groups excluding carboxylic acids is 1. The van der Waals surface area contributed by atoms with Crippen LogP contribution in [0.3, 0.4) is 0 Å². The molecule has 1 aliphatic rings. The van der Waals surface area contributed by atoms with Gasteiger partial charge in [-0.05, 0) is 43.6 Å². The SMILES string of the molecule is O=C(c1ccccc1)C1CCN(Cc2ccc(F)cc2)CC1. The Morgan fingerprint density at radius 3 is 2.27 bits per heavy atom. The molecule has 22 heavy (non-hydrogen) atoms. The summed E-state index contributed by atoms with van der Waals surface area (Å²) < 4.78 is 12.9. The molecule has 1 heterocycles. The van der Waals surface area contributed by atoms with Gasteiger partial charge < -0.3 is 0 Å². The standard InChI is InChI=1S/C19H20FNO/c20-18-8-6-15(7-9-18)14-21-12-10-17(11-13-21)19(22)16-4-2-1-3-5-16/h1-9,17H,10-14H2. The van der Waals surface area contributed by atoms with Crippen molar-refractivity contribution in [1.82, 2.24) is 4.90 Å². The number of likely N-dealkylation sites (tertiary alicyclic amines) is 1. The first-order valence-electron chi connectivity index (χ1n) is 7.78. The number of rotatable bonds is 4. The highest BCUT2D eigenvalue weighted by molar-refractivity contribution is 5.97. The maximum atomic E-state index is 12.9. The zero-order valence-electron chi connectivity index (χ0n) is 12.5. The molecule has 0 aliphatic carbocycles. The second-order valence-corrected chi connectivity index (χ2v) is 5.91. The molecule has 0 N–H and O–H groups in total. The maximum absolute atomic E-state index is 12.9. The van der Waals surface area contributed by atoms with E-state index in [1.165, 1.54) is 12.1 Å². The van der Waals surface area contributed by atoms with E-state index < -0.39 is 0 Å². The van der Waals surface area contributed by atoms with Gasteiger partial charge in [0.05, 0.1) is 0 Å². The van der Waals surface area contributed by atoms with E-state index in [9.17, 15) is 9.18 Å². The van der Waals surface area contributed by atoms with Crippen molar-refractivity contribution in [1.29, 1.82) is 0 Å². The molecule has 2 aromatic carbocycles. The number of Topliss-reactive ketones (excluding diaryl/α,β-unsaturated/α-hetero) is 1. The molecule has 1 saturated heterocycles. The molecular weight excluding hydrogens is 277 g/mol. The molecule has 0 atom stereocenters. The minimum absolute atomic E-state index is 0.131. The second kappa shape index (κ2) is 6.84. The van der Waals surface area contributed by atoms with Gasteiger partial charge in [0.25, 0.3) is 0 Å². The summed E-state index contributed by atoms with van der Waals surface area (Å²) in [6.45, 7) is 2.66. The molecule has 3 rings (SSSR count). The lowest BCUT2D eigenvalue weighted by molar-refractivity contribution is 0.0835. The molecule has 1 aliphatic heterocycles. The predicted molar refractivity (Wildman–Crippen MR) is 85.2 cm³/mol. The van der Waals surface area contributed by atoms with Crippen molar-refractivity contribution in [2.24, 2.45) is 5.92 Å². The summed E-state index contributed by atoms with van der Waals surface area (Å²) in [6, 6.07) is 16.2. The second-order valence-electron chi connectivity index (χ2n) is 5.91. The van der Waals surface area contributed by atoms with E-state index >= 15 is 0 Å². The van der Waals surface area contributed by atoms with E-state index in [-0.39, 0.29) is 17.5 Å². The van der Waals surface area contributed by atoms with E-state index in [1.807, 2.05) is 42.5 Å². The molecule has 0 amide bonds. The van der Waals surface area contributed by atoms with Gasteiger partial charge in [0.2, 0.25) is 0 Å². The predicted octanol–water partition coefficient (Wildman–Crippen LogP) is 3.92. The Labute approximate surface area is 130 Å². The molecule has 0 bridgehead atoms. The molecular formula is C19H20FNO. The molecule has 0 saturated carbocycles. The first-order chi connectivity index (χ1) is 10.7. The quantitative estimate of drug-likeness (QED) is 0.797. The molecule has 1 fully saturated rings. The maximum Gasteiger partial charge on any atom is 0.166 e. The Bertz CT molecular complexity index is 616. The van der Waals surface area contributed by atoms with Crippen molar-refractivity contribution in [3.63, 3.8) is 0 Å². The van der Waals surface area contributed by atoms with Crippen molar-refractivity contribution < 1.29 is 9.18 Å².